The summed E-state index contributed by atoms with van der Waals surface area (Å²) in [7, 11) is 0. The summed E-state index contributed by atoms with van der Waals surface area (Å²) in [5.41, 5.74) is 10.7. The number of aryl methyl sites for hydroxylation is 2. The van der Waals surface area contributed by atoms with E-state index in [2.05, 4.69) is 56.9 Å². The Bertz CT molecular complexity index is 571. The zero-order valence-electron chi connectivity index (χ0n) is 12.2. The van der Waals surface area contributed by atoms with Crippen LogP contribution in [0.3, 0.4) is 0 Å². The number of hydrogen-bond acceptors (Lipinski definition) is 4. The molecule has 0 unspecified atom stereocenters. The van der Waals surface area contributed by atoms with Crippen LogP contribution in [0.2, 0.25) is 0 Å². The van der Waals surface area contributed by atoms with Crippen molar-refractivity contribution in [1.82, 2.24) is 10.1 Å². The van der Waals surface area contributed by atoms with Crippen LogP contribution in [0.15, 0.2) is 16.7 Å². The van der Waals surface area contributed by atoms with E-state index in [4.69, 9.17) is 10.3 Å². The Balaban J connectivity index is 2.37. The van der Waals surface area contributed by atoms with Gasteiger partial charge in [-0.1, -0.05) is 38.1 Å². The van der Waals surface area contributed by atoms with Crippen molar-refractivity contribution < 1.29 is 4.52 Å². The van der Waals surface area contributed by atoms with Gasteiger partial charge in [-0.2, -0.15) is 4.98 Å². The monoisotopic (exact) mass is 259 g/mol. The topological polar surface area (TPSA) is 64.9 Å². The number of nitrogens with two attached hydrogens (primary N) is 1. The molecular formula is C15H21N3O. The lowest BCUT2D eigenvalue weighted by Gasteiger charge is -2.22. The van der Waals surface area contributed by atoms with E-state index in [1.807, 2.05) is 0 Å². The second kappa shape index (κ2) is 4.68. The highest BCUT2D eigenvalue weighted by molar-refractivity contribution is 5.41. The fourth-order valence-electron chi connectivity index (χ4n) is 2.20. The Hall–Kier alpha value is -1.84. The quantitative estimate of drug-likeness (QED) is 0.899. The Morgan fingerprint density at radius 2 is 1.74 bits per heavy atom. The molecule has 0 aliphatic rings. The van der Waals surface area contributed by atoms with Gasteiger partial charge in [0.05, 0.1) is 0 Å². The van der Waals surface area contributed by atoms with Crippen molar-refractivity contribution in [3.05, 3.63) is 40.2 Å². The molecule has 0 aliphatic heterocycles. The molecule has 4 nitrogen and oxygen atoms in total. The minimum absolute atomic E-state index is 0.122. The van der Waals surface area contributed by atoms with Crippen molar-refractivity contribution in [1.29, 1.82) is 0 Å². The number of nitrogens with zero attached hydrogens (tertiary/aromatic N) is 2. The molecule has 0 spiro atoms. The van der Waals surface area contributed by atoms with Gasteiger partial charge in [0.2, 0.25) is 0 Å². The van der Waals surface area contributed by atoms with Gasteiger partial charge < -0.3 is 10.3 Å². The number of rotatable bonds is 2. The fraction of sp³-hybridized carbons (Fsp3) is 0.467. The Morgan fingerprint density at radius 3 is 2.16 bits per heavy atom. The van der Waals surface area contributed by atoms with Gasteiger partial charge in [-0.15, -0.1) is 0 Å². The van der Waals surface area contributed by atoms with Gasteiger partial charge in [-0.05, 0) is 41.5 Å². The first kappa shape index (κ1) is 13.6. The molecule has 2 rings (SSSR count). The fourth-order valence-corrected chi connectivity index (χ4v) is 2.20. The van der Waals surface area contributed by atoms with Gasteiger partial charge in [-0.3, -0.25) is 0 Å². The average Bonchev–Trinajstić information content (AvgIpc) is 2.68. The average molecular weight is 259 g/mol. The number of anilines is 1. The van der Waals surface area contributed by atoms with E-state index in [0.29, 0.717) is 12.2 Å². The molecule has 0 atom stereocenters. The summed E-state index contributed by atoms with van der Waals surface area (Å²) in [6.45, 7) is 10.9. The van der Waals surface area contributed by atoms with Gasteiger partial charge in [0.1, 0.15) is 0 Å². The minimum atomic E-state index is 0.122. The van der Waals surface area contributed by atoms with Crippen molar-refractivity contribution in [2.45, 2.75) is 46.5 Å². The highest BCUT2D eigenvalue weighted by atomic mass is 16.5. The maximum absolute atomic E-state index is 5.45. The predicted octanol–water partition coefficient (Wildman–Crippen LogP) is 3.16. The van der Waals surface area contributed by atoms with Crippen LogP contribution >= 0.6 is 0 Å². The third-order valence-electron chi connectivity index (χ3n) is 3.38. The van der Waals surface area contributed by atoms with E-state index in [1.54, 1.807) is 0 Å². The van der Waals surface area contributed by atoms with Gasteiger partial charge in [0, 0.05) is 6.42 Å². The Kier molecular flexibility index (Phi) is 3.35. The van der Waals surface area contributed by atoms with Crippen LogP contribution in [0.1, 0.15) is 48.8 Å². The molecule has 0 amide bonds. The molecule has 0 radical (unpaired) electrons. The van der Waals surface area contributed by atoms with E-state index >= 15 is 0 Å². The summed E-state index contributed by atoms with van der Waals surface area (Å²) < 4.78 is 4.81. The molecule has 1 aromatic carbocycles. The van der Waals surface area contributed by atoms with Crippen LogP contribution < -0.4 is 5.73 Å². The third kappa shape index (κ3) is 2.95. The number of hydrogen-bond donors (Lipinski definition) is 1. The molecule has 0 saturated carbocycles. The van der Waals surface area contributed by atoms with Gasteiger partial charge in [0.15, 0.2) is 5.82 Å². The van der Waals surface area contributed by atoms with Crippen LogP contribution in [0, 0.1) is 13.8 Å². The molecule has 4 heteroatoms. The first-order chi connectivity index (χ1) is 8.77. The van der Waals surface area contributed by atoms with E-state index in [1.165, 1.54) is 22.3 Å². The Morgan fingerprint density at radius 1 is 1.16 bits per heavy atom. The summed E-state index contributed by atoms with van der Waals surface area (Å²) >= 11 is 0. The molecule has 1 heterocycles. The van der Waals surface area contributed by atoms with Crippen molar-refractivity contribution in [2.75, 3.05) is 5.73 Å². The summed E-state index contributed by atoms with van der Waals surface area (Å²) in [5, 5.41) is 3.85. The lowest BCUT2D eigenvalue weighted by atomic mass is 9.83. The molecule has 0 bridgehead atoms. The molecule has 0 aliphatic carbocycles. The molecule has 2 N–H and O–H groups in total. The summed E-state index contributed by atoms with van der Waals surface area (Å²) in [5.74, 6) is 0.632. The van der Waals surface area contributed by atoms with E-state index in [0.717, 1.165) is 0 Å². The van der Waals surface area contributed by atoms with Crippen molar-refractivity contribution in [2.24, 2.45) is 0 Å². The van der Waals surface area contributed by atoms with Gasteiger partial charge in [0.25, 0.3) is 0 Å². The number of aromatic nitrogens is 2. The van der Waals surface area contributed by atoms with Crippen molar-refractivity contribution in [3.63, 3.8) is 0 Å². The van der Waals surface area contributed by atoms with Gasteiger partial charge >= 0.3 is 6.01 Å². The van der Waals surface area contributed by atoms with E-state index in [-0.39, 0.29) is 11.4 Å². The molecule has 0 saturated heterocycles. The number of benzene rings is 1. The largest absolute Gasteiger partial charge is 0.351 e. The van der Waals surface area contributed by atoms with Crippen molar-refractivity contribution in [3.8, 4) is 0 Å². The highest BCUT2D eigenvalue weighted by Crippen LogP contribution is 2.27. The second-order valence-electron chi connectivity index (χ2n) is 6.06. The Labute approximate surface area is 114 Å². The van der Waals surface area contributed by atoms with Crippen LogP contribution in [0.4, 0.5) is 6.01 Å². The second-order valence-corrected chi connectivity index (χ2v) is 6.06. The third-order valence-corrected chi connectivity index (χ3v) is 3.38. The van der Waals surface area contributed by atoms with Crippen LogP contribution in [0.25, 0.3) is 0 Å². The van der Waals surface area contributed by atoms with Crippen LogP contribution in [-0.2, 0) is 11.8 Å². The molecule has 102 valence electrons. The molecule has 2 aromatic rings. The highest BCUT2D eigenvalue weighted by Gasteiger charge is 2.17. The predicted molar refractivity (Wildman–Crippen MR) is 76.1 cm³/mol. The summed E-state index contributed by atoms with van der Waals surface area (Å²) in [4.78, 5) is 4.06. The maximum Gasteiger partial charge on any atom is 0.318 e. The molecular weight excluding hydrogens is 238 g/mol. The normalized spacial score (nSPS) is 11.8. The minimum Gasteiger partial charge on any atom is -0.351 e. The van der Waals surface area contributed by atoms with Crippen LogP contribution in [0.5, 0.6) is 0 Å². The lowest BCUT2D eigenvalue weighted by Crippen LogP contribution is -2.12. The van der Waals surface area contributed by atoms with E-state index < -0.39 is 0 Å². The first-order valence-corrected chi connectivity index (χ1v) is 6.46. The van der Waals surface area contributed by atoms with Crippen molar-refractivity contribution >= 4 is 6.01 Å². The number of nitrogen functional groups attached to an aromatic ring is 1. The molecule has 1 aromatic heterocycles. The molecule has 0 fully saturated rings. The lowest BCUT2D eigenvalue weighted by molar-refractivity contribution is 0.428. The summed E-state index contributed by atoms with van der Waals surface area (Å²) in [6.07, 6.45) is 0.656. The molecule has 19 heavy (non-hydrogen) atoms. The SMILES string of the molecule is Cc1cc(C(C)(C)C)cc(C)c1Cc1noc(N)n1. The van der Waals surface area contributed by atoms with E-state index in [9.17, 15) is 0 Å². The smallest absolute Gasteiger partial charge is 0.318 e. The maximum atomic E-state index is 5.45. The van der Waals surface area contributed by atoms with Crippen LogP contribution in [-0.4, -0.2) is 10.1 Å². The first-order valence-electron chi connectivity index (χ1n) is 6.46. The summed E-state index contributed by atoms with van der Waals surface area (Å²) in [6, 6.07) is 4.61. The van der Waals surface area contributed by atoms with Gasteiger partial charge in [-0.25, -0.2) is 0 Å². The zero-order valence-corrected chi connectivity index (χ0v) is 12.2. The standard InChI is InChI=1S/C15H21N3O/c1-9-6-11(15(3,4)5)7-10(2)12(9)8-13-17-14(16)19-18-13/h6-7H,8H2,1-5H3,(H2,16,17,18). The zero-order chi connectivity index (χ0) is 14.2.